The highest BCUT2D eigenvalue weighted by Gasteiger charge is 2.57. The second-order valence-corrected chi connectivity index (χ2v) is 18.8. The molecule has 2 saturated heterocycles. The number of amides is 2. The highest BCUT2D eigenvalue weighted by molar-refractivity contribution is 7.90. The van der Waals surface area contributed by atoms with Crippen LogP contribution in [0.2, 0.25) is 5.02 Å². The van der Waals surface area contributed by atoms with Crippen molar-refractivity contribution < 1.29 is 27.1 Å². The van der Waals surface area contributed by atoms with Crippen LogP contribution in [0.1, 0.15) is 79.9 Å². The molecule has 1 N–H and O–H groups in total. The average Bonchev–Trinajstić information content (AvgIpc) is 3.39. The number of carbonyl (C=O) groups is 2. The summed E-state index contributed by atoms with van der Waals surface area (Å²) < 4.78 is 53.3. The first-order valence-electron chi connectivity index (χ1n) is 18.8. The van der Waals surface area contributed by atoms with Gasteiger partial charge in [-0.3, -0.25) is 14.5 Å². The number of hydrogen-bond acceptors (Lipinski definition) is 8. The van der Waals surface area contributed by atoms with Crippen molar-refractivity contribution >= 4 is 39.1 Å². The smallest absolute Gasteiger partial charge is 0.264 e. The zero-order chi connectivity index (χ0) is 36.7. The molecule has 6 atom stereocenters. The van der Waals surface area contributed by atoms with Crippen molar-refractivity contribution in [1.82, 2.24) is 19.4 Å². The Kier molecular flexibility index (Phi) is 8.95. The Morgan fingerprint density at radius 2 is 1.87 bits per heavy atom. The number of hydrogen-bond donors (Lipinski definition) is 1. The Bertz CT molecular complexity index is 1960. The maximum Gasteiger partial charge on any atom is 0.264 e. The molecule has 0 saturated carbocycles. The molecular weight excluding hydrogens is 705 g/mol. The summed E-state index contributed by atoms with van der Waals surface area (Å²) >= 11 is 6.98. The normalized spacial score (nSPS) is 34.3. The molecule has 52 heavy (non-hydrogen) atoms. The van der Waals surface area contributed by atoms with E-state index >= 15 is 4.39 Å². The number of aryl methyl sites for hydroxylation is 1. The van der Waals surface area contributed by atoms with Crippen molar-refractivity contribution in [3.05, 3.63) is 69.5 Å². The van der Waals surface area contributed by atoms with Crippen LogP contribution in [0.5, 0.6) is 5.75 Å². The van der Waals surface area contributed by atoms with Crippen LogP contribution in [-0.2, 0) is 32.2 Å². The molecule has 280 valence electrons. The number of ether oxygens (including phenoxy) is 1. The summed E-state index contributed by atoms with van der Waals surface area (Å²) in [6.07, 6.45) is 5.59. The Labute approximate surface area is 311 Å². The maximum atomic E-state index is 17.4. The molecule has 2 aromatic rings. The minimum absolute atomic E-state index is 0.0733. The number of nitrogens with one attached hydrogen (secondary N) is 1. The van der Waals surface area contributed by atoms with Crippen molar-refractivity contribution in [2.24, 2.45) is 5.92 Å². The molecule has 13 heteroatoms. The lowest BCUT2D eigenvalue weighted by Gasteiger charge is -2.47. The van der Waals surface area contributed by atoms with Gasteiger partial charge in [-0.1, -0.05) is 24.6 Å². The zero-order valence-electron chi connectivity index (χ0n) is 30.5. The first-order valence-corrected chi connectivity index (χ1v) is 20.7. The number of benzene rings is 2. The lowest BCUT2D eigenvalue weighted by Crippen LogP contribution is -2.61. The molecule has 5 bridgehead atoms. The second-order valence-electron chi connectivity index (χ2n) is 16.3. The topological polar surface area (TPSA) is 102 Å². The molecule has 10 nitrogen and oxygen atoms in total. The average molecular weight is 754 g/mol. The van der Waals surface area contributed by atoms with Crippen LogP contribution in [0, 0.1) is 5.92 Å². The van der Waals surface area contributed by atoms with Crippen molar-refractivity contribution in [3.8, 4) is 5.75 Å². The standard InChI is InChI=1S/C39H49ClFN5O5S/c1-24-8-10-31(41)35(37(48)44-16-15-43(4)25(2)20-44)46-14-6-13-39(46)22-45-21-38(12-5-7-27-17-29(40)19-30(39)34(27)38)23-51-33-11-9-28(18-32(33)45)36(47)42-52(49,50)26(24)3/h9-11,17-19,24-26,35H,5-8,12-16,20-23H2,1-4H3,(H,42,47)/b31-10-/t24-,25+,26+,35+,38-,39-/m0/s1. The highest BCUT2D eigenvalue weighted by Crippen LogP contribution is 2.55. The van der Waals surface area contributed by atoms with E-state index in [0.717, 1.165) is 31.2 Å². The number of fused-ring (bicyclic) bond motifs is 1. The van der Waals surface area contributed by atoms with Crippen LogP contribution >= 0.6 is 11.6 Å². The minimum atomic E-state index is -4.13. The SMILES string of the molecule is C[C@@H]1CN(C(=O)[C@H]2/C(F)=C/C[C@H](C)[C@@H](C)S(=O)(=O)NC(=O)c3ccc4c(c3)N3C[C@@]5(CCCc6cc(Cl)cc(c65)[C@]5(CCCN25)C3)CO4)CCN1C. The number of rotatable bonds is 1. The van der Waals surface area contributed by atoms with Gasteiger partial charge >= 0.3 is 0 Å². The van der Waals surface area contributed by atoms with Gasteiger partial charge in [-0.05, 0) is 112 Å². The van der Waals surface area contributed by atoms with E-state index in [1.165, 1.54) is 24.1 Å². The number of sulfonamides is 1. The molecule has 2 fully saturated rings. The lowest BCUT2D eigenvalue weighted by molar-refractivity contribution is -0.140. The number of nitrogens with zero attached hydrogens (tertiary/aromatic N) is 4. The fourth-order valence-electron chi connectivity index (χ4n) is 9.93. The van der Waals surface area contributed by atoms with Gasteiger partial charge in [0.2, 0.25) is 15.9 Å². The number of piperazine rings is 1. The van der Waals surface area contributed by atoms with Gasteiger partial charge in [-0.25, -0.2) is 17.5 Å². The van der Waals surface area contributed by atoms with E-state index in [2.05, 4.69) is 38.5 Å². The van der Waals surface area contributed by atoms with Gasteiger partial charge in [0.25, 0.3) is 5.91 Å². The number of allylic oxidation sites excluding steroid dienone is 1. The predicted molar refractivity (Wildman–Crippen MR) is 199 cm³/mol. The molecule has 2 aromatic carbocycles. The molecule has 0 unspecified atom stereocenters. The first kappa shape index (κ1) is 35.8. The molecule has 1 aliphatic carbocycles. The third kappa shape index (κ3) is 5.74. The largest absolute Gasteiger partial charge is 0.490 e. The van der Waals surface area contributed by atoms with E-state index < -0.39 is 49.9 Å². The molecule has 0 radical (unpaired) electrons. The van der Waals surface area contributed by atoms with Crippen molar-refractivity contribution in [2.75, 3.05) is 57.8 Å². The quantitative estimate of drug-likeness (QED) is 0.435. The monoisotopic (exact) mass is 753 g/mol. The summed E-state index contributed by atoms with van der Waals surface area (Å²) in [6, 6.07) is 8.14. The molecule has 2 amide bonds. The van der Waals surface area contributed by atoms with E-state index in [1.807, 2.05) is 11.9 Å². The van der Waals surface area contributed by atoms with Crippen LogP contribution in [0.15, 0.2) is 42.2 Å². The maximum absolute atomic E-state index is 17.4. The van der Waals surface area contributed by atoms with E-state index in [1.54, 1.807) is 25.1 Å². The second kappa shape index (κ2) is 13.0. The van der Waals surface area contributed by atoms with E-state index in [-0.39, 0.29) is 23.9 Å². The Morgan fingerprint density at radius 1 is 1.06 bits per heavy atom. The van der Waals surface area contributed by atoms with Crippen LogP contribution in [0.25, 0.3) is 0 Å². The first-order chi connectivity index (χ1) is 24.7. The highest BCUT2D eigenvalue weighted by atomic mass is 35.5. The van der Waals surface area contributed by atoms with Gasteiger partial charge in [0, 0.05) is 61.3 Å². The van der Waals surface area contributed by atoms with E-state index in [0.29, 0.717) is 68.8 Å². The van der Waals surface area contributed by atoms with Crippen LogP contribution < -0.4 is 14.4 Å². The molecule has 5 heterocycles. The molecule has 6 aliphatic rings. The molecular formula is C39H49ClFN5O5S. The number of anilines is 1. The number of halogens is 2. The van der Waals surface area contributed by atoms with Crippen molar-refractivity contribution in [2.45, 2.75) is 87.6 Å². The predicted octanol–water partition coefficient (Wildman–Crippen LogP) is 4.99. The van der Waals surface area contributed by atoms with Crippen LogP contribution in [-0.4, -0.2) is 105 Å². The number of carbonyl (C=O) groups excluding carboxylic acids is 2. The van der Waals surface area contributed by atoms with Gasteiger partial charge in [-0.15, -0.1) is 0 Å². The third-order valence-electron chi connectivity index (χ3n) is 13.2. The number of likely N-dealkylation sites (N-methyl/N-ethyl adjacent to an activating group) is 1. The van der Waals surface area contributed by atoms with E-state index in [4.69, 9.17) is 16.3 Å². The molecule has 2 spiro atoms. The van der Waals surface area contributed by atoms with Gasteiger partial charge in [-0.2, -0.15) is 0 Å². The van der Waals surface area contributed by atoms with Crippen LogP contribution in [0.4, 0.5) is 10.1 Å². The molecule has 5 aliphatic heterocycles. The zero-order valence-corrected chi connectivity index (χ0v) is 32.0. The molecule has 0 aromatic heterocycles. The lowest BCUT2D eigenvalue weighted by atomic mass is 9.66. The molecule has 8 rings (SSSR count). The third-order valence-corrected chi connectivity index (χ3v) is 15.3. The van der Waals surface area contributed by atoms with Crippen molar-refractivity contribution in [1.29, 1.82) is 0 Å². The summed E-state index contributed by atoms with van der Waals surface area (Å²) in [5.41, 5.74) is 3.07. The van der Waals surface area contributed by atoms with Crippen molar-refractivity contribution in [3.63, 3.8) is 0 Å². The van der Waals surface area contributed by atoms with Gasteiger partial charge in [0.15, 0.2) is 0 Å². The fraction of sp³-hybridized carbons (Fsp3) is 0.590. The van der Waals surface area contributed by atoms with E-state index in [9.17, 15) is 18.0 Å². The van der Waals surface area contributed by atoms with Crippen LogP contribution in [0.3, 0.4) is 0 Å². The summed E-state index contributed by atoms with van der Waals surface area (Å²) in [4.78, 5) is 37.0. The Balaban J connectivity index is 1.37. The summed E-state index contributed by atoms with van der Waals surface area (Å²) in [6.45, 7) is 8.90. The fourth-order valence-corrected chi connectivity index (χ4v) is 11.5. The Morgan fingerprint density at radius 3 is 2.65 bits per heavy atom. The van der Waals surface area contributed by atoms with Gasteiger partial charge in [0.05, 0.1) is 23.1 Å². The summed E-state index contributed by atoms with van der Waals surface area (Å²) in [7, 11) is -2.09. The summed E-state index contributed by atoms with van der Waals surface area (Å²) in [5.74, 6) is -1.51. The van der Waals surface area contributed by atoms with Gasteiger partial charge < -0.3 is 19.4 Å². The minimum Gasteiger partial charge on any atom is -0.490 e. The Hall–Kier alpha value is -3.19. The van der Waals surface area contributed by atoms with Gasteiger partial charge in [0.1, 0.15) is 17.6 Å². The summed E-state index contributed by atoms with van der Waals surface area (Å²) in [5, 5.41) is -0.385.